The van der Waals surface area contributed by atoms with Crippen LogP contribution in [0.2, 0.25) is 0 Å². The Morgan fingerprint density at radius 2 is 1.68 bits per heavy atom. The van der Waals surface area contributed by atoms with Crippen molar-refractivity contribution in [2.75, 3.05) is 30.4 Å². The molecule has 0 aliphatic carbocycles. The molecule has 1 aromatic heterocycles. The SMILES string of the molecule is Cc1ccc(Nc2nc(NCC3CCOCC3)c3ccc(-c4ccc(C#N)cc4)cc3n2)cc1. The van der Waals surface area contributed by atoms with Crippen molar-refractivity contribution in [2.24, 2.45) is 5.92 Å². The largest absolute Gasteiger partial charge is 0.381 e. The van der Waals surface area contributed by atoms with Crippen molar-refractivity contribution in [1.29, 1.82) is 5.26 Å². The predicted molar refractivity (Wildman–Crippen MR) is 136 cm³/mol. The maximum Gasteiger partial charge on any atom is 0.229 e. The highest BCUT2D eigenvalue weighted by Crippen LogP contribution is 2.29. The summed E-state index contributed by atoms with van der Waals surface area (Å²) in [5, 5.41) is 17.0. The lowest BCUT2D eigenvalue weighted by atomic mass is 10.0. The van der Waals surface area contributed by atoms with Crippen LogP contribution in [0.1, 0.15) is 24.0 Å². The van der Waals surface area contributed by atoms with Gasteiger partial charge in [0.15, 0.2) is 0 Å². The number of hydrogen-bond donors (Lipinski definition) is 2. The highest BCUT2D eigenvalue weighted by molar-refractivity contribution is 5.93. The molecule has 0 spiro atoms. The van der Waals surface area contributed by atoms with Crippen molar-refractivity contribution >= 4 is 28.4 Å². The van der Waals surface area contributed by atoms with Gasteiger partial charge >= 0.3 is 0 Å². The zero-order chi connectivity index (χ0) is 23.3. The average molecular weight is 450 g/mol. The second-order valence-electron chi connectivity index (χ2n) is 8.74. The summed E-state index contributed by atoms with van der Waals surface area (Å²) in [7, 11) is 0. The van der Waals surface area contributed by atoms with E-state index in [2.05, 4.69) is 54.0 Å². The van der Waals surface area contributed by atoms with E-state index < -0.39 is 0 Å². The Labute approximate surface area is 199 Å². The Hall–Kier alpha value is -3.95. The van der Waals surface area contributed by atoms with Crippen LogP contribution in [0.15, 0.2) is 66.7 Å². The molecule has 6 heteroatoms. The molecule has 1 aliphatic heterocycles. The van der Waals surface area contributed by atoms with Gasteiger partial charge < -0.3 is 15.4 Å². The number of aromatic nitrogens is 2. The van der Waals surface area contributed by atoms with Gasteiger partial charge in [0.25, 0.3) is 0 Å². The molecule has 4 aromatic rings. The molecule has 170 valence electrons. The lowest BCUT2D eigenvalue weighted by molar-refractivity contribution is 0.0699. The van der Waals surface area contributed by atoms with Gasteiger partial charge in [-0.05, 0) is 73.2 Å². The molecule has 0 amide bonds. The second-order valence-corrected chi connectivity index (χ2v) is 8.74. The molecule has 34 heavy (non-hydrogen) atoms. The number of hydrogen-bond acceptors (Lipinski definition) is 6. The molecule has 3 aromatic carbocycles. The van der Waals surface area contributed by atoms with Crippen LogP contribution in [-0.2, 0) is 4.74 Å². The Balaban J connectivity index is 1.50. The maximum absolute atomic E-state index is 9.09. The minimum absolute atomic E-state index is 0.558. The average Bonchev–Trinajstić information content (AvgIpc) is 2.89. The Kier molecular flexibility index (Phi) is 6.37. The van der Waals surface area contributed by atoms with Gasteiger partial charge in [0.05, 0.1) is 17.1 Å². The summed E-state index contributed by atoms with van der Waals surface area (Å²) in [6.07, 6.45) is 2.13. The molecular formula is C28H27N5O. The first-order valence-corrected chi connectivity index (χ1v) is 11.7. The number of fused-ring (bicyclic) bond motifs is 1. The van der Waals surface area contributed by atoms with Crippen molar-refractivity contribution in [3.8, 4) is 17.2 Å². The minimum Gasteiger partial charge on any atom is -0.381 e. The molecular weight excluding hydrogens is 422 g/mol. The van der Waals surface area contributed by atoms with Crippen LogP contribution in [-0.4, -0.2) is 29.7 Å². The molecule has 1 saturated heterocycles. The molecule has 5 rings (SSSR count). The Morgan fingerprint density at radius 3 is 2.41 bits per heavy atom. The molecule has 0 unspecified atom stereocenters. The summed E-state index contributed by atoms with van der Waals surface area (Å²) in [5.41, 5.74) is 5.76. The Bertz CT molecular complexity index is 1320. The topological polar surface area (TPSA) is 82.9 Å². The third kappa shape index (κ3) is 5.00. The van der Waals surface area contributed by atoms with E-state index in [9.17, 15) is 0 Å². The van der Waals surface area contributed by atoms with E-state index in [1.165, 1.54) is 5.56 Å². The van der Waals surface area contributed by atoms with Crippen molar-refractivity contribution in [3.63, 3.8) is 0 Å². The van der Waals surface area contributed by atoms with Crippen LogP contribution in [0.4, 0.5) is 17.5 Å². The highest BCUT2D eigenvalue weighted by Gasteiger charge is 2.16. The number of nitriles is 1. The van der Waals surface area contributed by atoms with E-state index in [-0.39, 0.29) is 0 Å². The second kappa shape index (κ2) is 9.90. The van der Waals surface area contributed by atoms with Crippen LogP contribution >= 0.6 is 0 Å². The number of nitrogens with one attached hydrogen (secondary N) is 2. The van der Waals surface area contributed by atoms with Gasteiger partial charge in [-0.2, -0.15) is 10.2 Å². The highest BCUT2D eigenvalue weighted by atomic mass is 16.5. The van der Waals surface area contributed by atoms with Gasteiger partial charge in [-0.1, -0.05) is 35.9 Å². The summed E-state index contributed by atoms with van der Waals surface area (Å²) < 4.78 is 5.50. The van der Waals surface area contributed by atoms with E-state index >= 15 is 0 Å². The first kappa shape index (κ1) is 21.9. The zero-order valence-corrected chi connectivity index (χ0v) is 19.2. The molecule has 6 nitrogen and oxygen atoms in total. The van der Waals surface area contributed by atoms with Gasteiger partial charge in [-0.3, -0.25) is 0 Å². The summed E-state index contributed by atoms with van der Waals surface area (Å²) in [6, 6.07) is 24.2. The van der Waals surface area contributed by atoms with Crippen molar-refractivity contribution in [3.05, 3.63) is 77.9 Å². The monoisotopic (exact) mass is 449 g/mol. The van der Waals surface area contributed by atoms with Crippen LogP contribution in [0.3, 0.4) is 0 Å². The summed E-state index contributed by atoms with van der Waals surface area (Å²) >= 11 is 0. The van der Waals surface area contributed by atoms with Crippen molar-refractivity contribution in [1.82, 2.24) is 9.97 Å². The van der Waals surface area contributed by atoms with Crippen molar-refractivity contribution < 1.29 is 4.74 Å². The van der Waals surface area contributed by atoms with Gasteiger partial charge in [0.1, 0.15) is 5.82 Å². The van der Waals surface area contributed by atoms with Crippen molar-refractivity contribution in [2.45, 2.75) is 19.8 Å². The van der Waals surface area contributed by atoms with E-state index in [1.807, 2.05) is 36.4 Å². The van der Waals surface area contributed by atoms with Gasteiger partial charge in [-0.25, -0.2) is 4.98 Å². The number of benzene rings is 3. The molecule has 2 N–H and O–H groups in total. The third-order valence-corrected chi connectivity index (χ3v) is 6.25. The molecule has 2 heterocycles. The van der Waals surface area contributed by atoms with Gasteiger partial charge in [0.2, 0.25) is 5.95 Å². The molecule has 0 saturated carbocycles. The van der Waals surface area contributed by atoms with Crippen LogP contribution in [0, 0.1) is 24.2 Å². The smallest absolute Gasteiger partial charge is 0.229 e. The fourth-order valence-corrected chi connectivity index (χ4v) is 4.19. The standard InChI is InChI=1S/C28H27N5O/c1-19-2-9-24(10-3-19)31-28-32-26-16-23(22-6-4-20(17-29)5-7-22)8-11-25(26)27(33-28)30-18-21-12-14-34-15-13-21/h2-11,16,21H,12-15,18H2,1H3,(H2,30,31,32,33). The first-order valence-electron chi connectivity index (χ1n) is 11.7. The van der Waals surface area contributed by atoms with E-state index in [0.717, 1.165) is 66.1 Å². The molecule has 1 fully saturated rings. The van der Waals surface area contributed by atoms with Gasteiger partial charge in [-0.15, -0.1) is 0 Å². The third-order valence-electron chi connectivity index (χ3n) is 6.25. The molecule has 0 bridgehead atoms. The fourth-order valence-electron chi connectivity index (χ4n) is 4.19. The summed E-state index contributed by atoms with van der Waals surface area (Å²) in [6.45, 7) is 4.58. The number of rotatable bonds is 6. The van der Waals surface area contributed by atoms with E-state index in [4.69, 9.17) is 20.0 Å². The normalized spacial score (nSPS) is 14.0. The maximum atomic E-state index is 9.09. The Morgan fingerprint density at radius 1 is 0.941 bits per heavy atom. The van der Waals surface area contributed by atoms with Gasteiger partial charge in [0, 0.05) is 30.8 Å². The quantitative estimate of drug-likeness (QED) is 0.372. The van der Waals surface area contributed by atoms with Crippen LogP contribution in [0.5, 0.6) is 0 Å². The van der Waals surface area contributed by atoms with E-state index in [0.29, 0.717) is 17.4 Å². The molecule has 0 radical (unpaired) electrons. The number of aryl methyl sites for hydroxylation is 1. The lowest BCUT2D eigenvalue weighted by Crippen LogP contribution is -2.23. The number of nitrogens with zero attached hydrogens (tertiary/aromatic N) is 3. The summed E-state index contributed by atoms with van der Waals surface area (Å²) in [4.78, 5) is 9.66. The van der Waals surface area contributed by atoms with Crippen LogP contribution in [0.25, 0.3) is 22.0 Å². The van der Waals surface area contributed by atoms with E-state index in [1.54, 1.807) is 0 Å². The first-order chi connectivity index (χ1) is 16.7. The molecule has 0 atom stereocenters. The summed E-state index contributed by atoms with van der Waals surface area (Å²) in [5.74, 6) is 1.96. The predicted octanol–water partition coefficient (Wildman–Crippen LogP) is 6.06. The lowest BCUT2D eigenvalue weighted by Gasteiger charge is -2.23. The number of ether oxygens (including phenoxy) is 1. The molecule has 1 aliphatic rings. The fraction of sp³-hybridized carbons (Fsp3) is 0.250. The number of anilines is 3. The zero-order valence-electron chi connectivity index (χ0n) is 19.2. The van der Waals surface area contributed by atoms with Crippen LogP contribution < -0.4 is 10.6 Å². The minimum atomic E-state index is 0.558.